The minimum absolute atomic E-state index is 0.115. The fraction of sp³-hybridized carbons (Fsp3) is 0.0435. The molecule has 0 spiro atoms. The Labute approximate surface area is 157 Å². The highest BCUT2D eigenvalue weighted by molar-refractivity contribution is 6.16. The van der Waals surface area contributed by atoms with Crippen molar-refractivity contribution in [2.45, 2.75) is 6.04 Å². The van der Waals surface area contributed by atoms with E-state index in [2.05, 4.69) is 10.6 Å². The Morgan fingerprint density at radius 3 is 1.93 bits per heavy atom. The molecule has 0 unspecified atom stereocenters. The summed E-state index contributed by atoms with van der Waals surface area (Å²) in [5, 5.41) is 5.75. The largest absolute Gasteiger partial charge is 0.327 e. The van der Waals surface area contributed by atoms with E-state index in [0.29, 0.717) is 16.8 Å². The van der Waals surface area contributed by atoms with Crippen LogP contribution in [0.2, 0.25) is 0 Å². The summed E-state index contributed by atoms with van der Waals surface area (Å²) in [4.78, 5) is 25.8. The van der Waals surface area contributed by atoms with E-state index >= 15 is 0 Å². The molecular weight excluding hydrogens is 336 g/mol. The minimum atomic E-state index is -0.525. The summed E-state index contributed by atoms with van der Waals surface area (Å²) in [6, 6.07) is 27.3. The summed E-state index contributed by atoms with van der Waals surface area (Å²) in [6.45, 7) is 0. The van der Waals surface area contributed by atoms with Gasteiger partial charge in [0.1, 0.15) is 0 Å². The molecule has 0 radical (unpaired) electrons. The number of nitrogens with one attached hydrogen (secondary N) is 2. The number of benzene rings is 3. The third-order valence-electron chi connectivity index (χ3n) is 4.55. The number of amides is 2. The van der Waals surface area contributed by atoms with Crippen LogP contribution in [0, 0.1) is 0 Å². The van der Waals surface area contributed by atoms with Crippen molar-refractivity contribution in [3.63, 3.8) is 0 Å². The van der Waals surface area contributed by atoms with E-state index in [1.807, 2.05) is 78.9 Å². The van der Waals surface area contributed by atoms with Crippen LogP contribution in [0.25, 0.3) is 5.70 Å². The monoisotopic (exact) mass is 354 g/mol. The number of urea groups is 1. The van der Waals surface area contributed by atoms with Crippen LogP contribution in [-0.4, -0.2) is 11.8 Å². The first-order valence-corrected chi connectivity index (χ1v) is 8.76. The molecule has 0 fully saturated rings. The van der Waals surface area contributed by atoms with E-state index < -0.39 is 6.04 Å². The molecule has 0 saturated carbocycles. The lowest BCUT2D eigenvalue weighted by molar-refractivity contribution is 0.102. The van der Waals surface area contributed by atoms with E-state index in [-0.39, 0.29) is 11.8 Å². The zero-order valence-corrected chi connectivity index (χ0v) is 14.6. The molecular formula is C23H18N2O2. The van der Waals surface area contributed by atoms with Gasteiger partial charge >= 0.3 is 6.03 Å². The van der Waals surface area contributed by atoms with Crippen molar-refractivity contribution >= 4 is 17.5 Å². The zero-order chi connectivity index (χ0) is 18.6. The highest BCUT2D eigenvalue weighted by atomic mass is 16.2. The number of ketones is 1. The molecule has 3 aromatic carbocycles. The zero-order valence-electron chi connectivity index (χ0n) is 14.6. The van der Waals surface area contributed by atoms with Gasteiger partial charge in [-0.25, -0.2) is 4.79 Å². The summed E-state index contributed by atoms with van der Waals surface area (Å²) in [5.74, 6) is -0.115. The Hall–Kier alpha value is -3.66. The molecule has 0 bridgehead atoms. The van der Waals surface area contributed by atoms with Crippen molar-refractivity contribution in [2.24, 2.45) is 0 Å². The highest BCUT2D eigenvalue weighted by Gasteiger charge is 2.33. The van der Waals surface area contributed by atoms with Crippen molar-refractivity contribution in [1.82, 2.24) is 10.6 Å². The number of hydrogen-bond donors (Lipinski definition) is 2. The topological polar surface area (TPSA) is 58.2 Å². The van der Waals surface area contributed by atoms with E-state index in [1.165, 1.54) is 0 Å². The van der Waals surface area contributed by atoms with Crippen LogP contribution in [-0.2, 0) is 0 Å². The first-order valence-electron chi connectivity index (χ1n) is 8.76. The van der Waals surface area contributed by atoms with Crippen LogP contribution in [0.15, 0.2) is 96.6 Å². The average Bonchev–Trinajstić information content (AvgIpc) is 2.74. The number of carbonyl (C=O) groups excluding carboxylic acids is 2. The van der Waals surface area contributed by atoms with Gasteiger partial charge in [0.2, 0.25) is 0 Å². The fourth-order valence-electron chi connectivity index (χ4n) is 3.28. The minimum Gasteiger partial charge on any atom is -0.327 e. The second kappa shape index (κ2) is 7.30. The number of rotatable bonds is 4. The molecule has 132 valence electrons. The maximum atomic E-state index is 13.4. The molecule has 4 rings (SSSR count). The molecule has 1 atom stereocenters. The lowest BCUT2D eigenvalue weighted by Crippen LogP contribution is -2.45. The fourth-order valence-corrected chi connectivity index (χ4v) is 3.28. The molecule has 1 aliphatic heterocycles. The first-order chi connectivity index (χ1) is 13.2. The van der Waals surface area contributed by atoms with Gasteiger partial charge in [0.15, 0.2) is 5.78 Å². The van der Waals surface area contributed by atoms with Gasteiger partial charge in [-0.05, 0) is 11.1 Å². The van der Waals surface area contributed by atoms with Gasteiger partial charge in [-0.3, -0.25) is 4.79 Å². The summed E-state index contributed by atoms with van der Waals surface area (Å²) in [7, 11) is 0. The molecule has 0 aromatic heterocycles. The molecule has 4 heteroatoms. The molecule has 3 aromatic rings. The van der Waals surface area contributed by atoms with Gasteiger partial charge in [0, 0.05) is 5.56 Å². The maximum absolute atomic E-state index is 13.4. The van der Waals surface area contributed by atoms with E-state index in [1.54, 1.807) is 12.1 Å². The van der Waals surface area contributed by atoms with Gasteiger partial charge in [0.25, 0.3) is 0 Å². The van der Waals surface area contributed by atoms with Gasteiger partial charge < -0.3 is 10.6 Å². The summed E-state index contributed by atoms with van der Waals surface area (Å²) >= 11 is 0. The normalized spacial score (nSPS) is 16.4. The van der Waals surface area contributed by atoms with Crippen molar-refractivity contribution in [1.29, 1.82) is 0 Å². The van der Waals surface area contributed by atoms with Crippen LogP contribution in [0.4, 0.5) is 4.79 Å². The van der Waals surface area contributed by atoms with Crippen molar-refractivity contribution in [3.8, 4) is 0 Å². The molecule has 1 aliphatic rings. The van der Waals surface area contributed by atoms with Gasteiger partial charge in [-0.15, -0.1) is 0 Å². The Morgan fingerprint density at radius 1 is 0.741 bits per heavy atom. The molecule has 1 heterocycles. The van der Waals surface area contributed by atoms with E-state index in [0.717, 1.165) is 11.1 Å². The molecule has 27 heavy (non-hydrogen) atoms. The van der Waals surface area contributed by atoms with Crippen LogP contribution >= 0.6 is 0 Å². The van der Waals surface area contributed by atoms with Crippen LogP contribution in [0.5, 0.6) is 0 Å². The maximum Gasteiger partial charge on any atom is 0.320 e. The Kier molecular flexibility index (Phi) is 4.54. The van der Waals surface area contributed by atoms with Crippen LogP contribution < -0.4 is 10.6 Å². The third-order valence-corrected chi connectivity index (χ3v) is 4.55. The van der Waals surface area contributed by atoms with Crippen molar-refractivity contribution in [2.75, 3.05) is 0 Å². The quantitative estimate of drug-likeness (QED) is 0.685. The van der Waals surface area contributed by atoms with Crippen molar-refractivity contribution in [3.05, 3.63) is 113 Å². The second-order valence-corrected chi connectivity index (χ2v) is 6.29. The second-order valence-electron chi connectivity index (χ2n) is 6.29. The molecule has 0 saturated heterocycles. The molecule has 0 aliphatic carbocycles. The standard InChI is InChI=1S/C23H18N2O2/c26-22(18-14-8-3-9-15-18)19-20(16-10-4-1-5-11-16)24-23(27)25-21(19)17-12-6-2-7-13-17/h1-15,20H,(H2,24,25,27)/t20-/m1/s1. The molecule has 4 nitrogen and oxygen atoms in total. The smallest absolute Gasteiger partial charge is 0.320 e. The predicted molar refractivity (Wildman–Crippen MR) is 105 cm³/mol. The molecule has 2 amide bonds. The van der Waals surface area contributed by atoms with Gasteiger partial charge in [0.05, 0.1) is 17.3 Å². The number of Topliss-reactive ketones (excluding diaryl/α,β-unsaturated/α-hetero) is 1. The summed E-state index contributed by atoms with van der Waals surface area (Å²) in [6.07, 6.45) is 0. The lowest BCUT2D eigenvalue weighted by atomic mass is 9.87. The average molecular weight is 354 g/mol. The Morgan fingerprint density at radius 2 is 1.30 bits per heavy atom. The van der Waals surface area contributed by atoms with E-state index in [9.17, 15) is 9.59 Å². The Balaban J connectivity index is 1.93. The van der Waals surface area contributed by atoms with Gasteiger partial charge in [-0.2, -0.15) is 0 Å². The molecule has 2 N–H and O–H groups in total. The third kappa shape index (κ3) is 3.37. The van der Waals surface area contributed by atoms with Gasteiger partial charge in [-0.1, -0.05) is 91.0 Å². The number of carbonyl (C=O) groups is 2. The van der Waals surface area contributed by atoms with Crippen LogP contribution in [0.3, 0.4) is 0 Å². The summed E-state index contributed by atoms with van der Waals surface area (Å²) < 4.78 is 0. The van der Waals surface area contributed by atoms with E-state index in [4.69, 9.17) is 0 Å². The summed E-state index contributed by atoms with van der Waals surface area (Å²) in [5.41, 5.74) is 3.31. The number of hydrogen-bond acceptors (Lipinski definition) is 2. The van der Waals surface area contributed by atoms with Crippen LogP contribution in [0.1, 0.15) is 27.5 Å². The SMILES string of the molecule is O=C1NC(c2ccccc2)=C(C(=O)c2ccccc2)[C@@H](c2ccccc2)N1. The Bertz CT molecular complexity index is 996. The first kappa shape index (κ1) is 16.8. The van der Waals surface area contributed by atoms with Crippen molar-refractivity contribution < 1.29 is 9.59 Å². The highest BCUT2D eigenvalue weighted by Crippen LogP contribution is 2.33. The lowest BCUT2D eigenvalue weighted by Gasteiger charge is -2.30. The predicted octanol–water partition coefficient (Wildman–Crippen LogP) is 4.33.